The first-order chi connectivity index (χ1) is 11.0. The van der Waals surface area contributed by atoms with Crippen molar-refractivity contribution in [2.75, 3.05) is 12.8 Å². The smallest absolute Gasteiger partial charge is 0.283 e. The maximum Gasteiger partial charge on any atom is 0.283 e. The number of nitrogen functional groups attached to an aromatic ring is 1. The highest BCUT2D eigenvalue weighted by Gasteiger charge is 2.15. The predicted molar refractivity (Wildman–Crippen MR) is 93.3 cm³/mol. The number of rotatable bonds is 5. The molecule has 0 aliphatic carbocycles. The molecular weight excluding hydrogens is 384 g/mol. The highest BCUT2D eigenvalue weighted by molar-refractivity contribution is 9.10. The summed E-state index contributed by atoms with van der Waals surface area (Å²) >= 11 is 4.34. The van der Waals surface area contributed by atoms with Crippen LogP contribution in [0, 0.1) is 0 Å². The Bertz CT molecular complexity index is 761. The number of phenols is 1. The molecule has 0 spiro atoms. The normalized spacial score (nSPS) is 10.9. The SMILES string of the molecule is CCc1nc(N)sc1C(=O)NN=Cc1cc(Br)c(O)c(OC)c1. The average molecular weight is 399 g/mol. The molecule has 0 aliphatic heterocycles. The number of ether oxygens (including phenoxy) is 1. The van der Waals surface area contributed by atoms with Crippen molar-refractivity contribution in [3.05, 3.63) is 32.7 Å². The van der Waals surface area contributed by atoms with Gasteiger partial charge in [-0.2, -0.15) is 5.10 Å². The topological polar surface area (TPSA) is 110 Å². The monoisotopic (exact) mass is 398 g/mol. The molecule has 9 heteroatoms. The number of carbonyl (C=O) groups excluding carboxylic acids is 1. The summed E-state index contributed by atoms with van der Waals surface area (Å²) in [6.45, 7) is 1.90. The van der Waals surface area contributed by atoms with E-state index in [1.165, 1.54) is 13.3 Å². The molecule has 4 N–H and O–H groups in total. The molecule has 0 bridgehead atoms. The zero-order valence-electron chi connectivity index (χ0n) is 12.5. The molecule has 0 unspecified atom stereocenters. The highest BCUT2D eigenvalue weighted by Crippen LogP contribution is 2.34. The second-order valence-electron chi connectivity index (χ2n) is 4.43. The Balaban J connectivity index is 2.12. The van der Waals surface area contributed by atoms with E-state index in [0.29, 0.717) is 37.9 Å². The second-order valence-corrected chi connectivity index (χ2v) is 6.32. The van der Waals surface area contributed by atoms with E-state index < -0.39 is 0 Å². The summed E-state index contributed by atoms with van der Waals surface area (Å²) in [6, 6.07) is 3.24. The Morgan fingerprint density at radius 1 is 1.61 bits per heavy atom. The van der Waals surface area contributed by atoms with Gasteiger partial charge in [0.25, 0.3) is 5.91 Å². The van der Waals surface area contributed by atoms with Gasteiger partial charge in [0, 0.05) is 0 Å². The van der Waals surface area contributed by atoms with Gasteiger partial charge in [0.1, 0.15) is 4.88 Å². The van der Waals surface area contributed by atoms with Gasteiger partial charge in [0.15, 0.2) is 16.6 Å². The molecule has 1 aromatic carbocycles. The van der Waals surface area contributed by atoms with Crippen molar-refractivity contribution in [3.63, 3.8) is 0 Å². The van der Waals surface area contributed by atoms with Crippen LogP contribution in [0.4, 0.5) is 5.13 Å². The van der Waals surface area contributed by atoms with Crippen LogP contribution in [0.5, 0.6) is 11.5 Å². The molecule has 23 heavy (non-hydrogen) atoms. The zero-order chi connectivity index (χ0) is 17.0. The number of phenolic OH excluding ortho intramolecular Hbond substituents is 1. The molecule has 0 atom stereocenters. The van der Waals surface area contributed by atoms with Crippen LogP contribution >= 0.6 is 27.3 Å². The molecular formula is C14H15BrN4O3S. The first-order valence-electron chi connectivity index (χ1n) is 6.61. The van der Waals surface area contributed by atoms with Crippen LogP contribution in [0.3, 0.4) is 0 Å². The number of anilines is 1. The fourth-order valence-corrected chi connectivity index (χ4v) is 3.10. The largest absolute Gasteiger partial charge is 0.503 e. The number of methoxy groups -OCH3 is 1. The van der Waals surface area contributed by atoms with Gasteiger partial charge in [-0.1, -0.05) is 18.3 Å². The van der Waals surface area contributed by atoms with Crippen molar-refractivity contribution in [1.29, 1.82) is 0 Å². The fourth-order valence-electron chi connectivity index (χ4n) is 1.83. The van der Waals surface area contributed by atoms with Gasteiger partial charge >= 0.3 is 0 Å². The van der Waals surface area contributed by atoms with Gasteiger partial charge in [-0.05, 0) is 40.0 Å². The lowest BCUT2D eigenvalue weighted by molar-refractivity contribution is 0.0958. The van der Waals surface area contributed by atoms with Crippen molar-refractivity contribution in [3.8, 4) is 11.5 Å². The van der Waals surface area contributed by atoms with E-state index >= 15 is 0 Å². The van der Waals surface area contributed by atoms with Crippen LogP contribution in [0.2, 0.25) is 0 Å². The summed E-state index contributed by atoms with van der Waals surface area (Å²) in [4.78, 5) is 16.6. The summed E-state index contributed by atoms with van der Waals surface area (Å²) in [6.07, 6.45) is 2.06. The number of hydrogen-bond donors (Lipinski definition) is 3. The number of aromatic nitrogens is 1. The lowest BCUT2D eigenvalue weighted by atomic mass is 10.2. The predicted octanol–water partition coefficient (Wildman–Crippen LogP) is 2.53. The first-order valence-corrected chi connectivity index (χ1v) is 8.22. The maximum absolute atomic E-state index is 12.1. The molecule has 0 fully saturated rings. The standard InChI is InChI=1S/C14H15BrN4O3S/c1-3-9-12(23-14(16)18-9)13(21)19-17-6-7-4-8(15)11(20)10(5-7)22-2/h4-6,20H,3H2,1-2H3,(H2,16,18)(H,19,21). The number of aryl methyl sites for hydroxylation is 1. The van der Waals surface area contributed by atoms with E-state index in [1.54, 1.807) is 12.1 Å². The van der Waals surface area contributed by atoms with Crippen LogP contribution in [-0.2, 0) is 6.42 Å². The molecule has 1 aromatic heterocycles. The van der Waals surface area contributed by atoms with Crippen molar-refractivity contribution in [2.45, 2.75) is 13.3 Å². The average Bonchev–Trinajstić information content (AvgIpc) is 2.91. The summed E-state index contributed by atoms with van der Waals surface area (Å²) in [5.74, 6) is -0.0610. The molecule has 1 amide bonds. The van der Waals surface area contributed by atoms with E-state index in [9.17, 15) is 9.90 Å². The molecule has 0 saturated carbocycles. The lowest BCUT2D eigenvalue weighted by Gasteiger charge is -2.06. The number of thiazole rings is 1. The molecule has 0 radical (unpaired) electrons. The number of nitrogens with one attached hydrogen (secondary N) is 1. The summed E-state index contributed by atoms with van der Waals surface area (Å²) < 4.78 is 5.51. The highest BCUT2D eigenvalue weighted by atomic mass is 79.9. The van der Waals surface area contributed by atoms with Crippen molar-refractivity contribution in [1.82, 2.24) is 10.4 Å². The Morgan fingerprint density at radius 2 is 2.35 bits per heavy atom. The quantitative estimate of drug-likeness (QED) is 0.529. The minimum Gasteiger partial charge on any atom is -0.503 e. The number of nitrogens with zero attached hydrogens (tertiary/aromatic N) is 2. The van der Waals surface area contributed by atoms with Crippen LogP contribution in [0.1, 0.15) is 27.9 Å². The molecule has 0 saturated heterocycles. The molecule has 7 nitrogen and oxygen atoms in total. The van der Waals surface area contributed by atoms with Crippen LogP contribution in [0.25, 0.3) is 0 Å². The van der Waals surface area contributed by atoms with Crippen molar-refractivity contribution < 1.29 is 14.6 Å². The maximum atomic E-state index is 12.1. The minimum atomic E-state index is -0.364. The van der Waals surface area contributed by atoms with Crippen molar-refractivity contribution >= 4 is 44.5 Å². The van der Waals surface area contributed by atoms with Crippen molar-refractivity contribution in [2.24, 2.45) is 5.10 Å². The summed E-state index contributed by atoms with van der Waals surface area (Å²) in [7, 11) is 1.45. The fraction of sp³-hybridized carbons (Fsp3) is 0.214. The number of aromatic hydroxyl groups is 1. The van der Waals surface area contributed by atoms with Gasteiger partial charge in [-0.25, -0.2) is 10.4 Å². The van der Waals surface area contributed by atoms with Crippen LogP contribution in [-0.4, -0.2) is 29.3 Å². The number of hydrogen-bond acceptors (Lipinski definition) is 7. The molecule has 0 aliphatic rings. The van der Waals surface area contributed by atoms with Gasteiger partial charge < -0.3 is 15.6 Å². The number of amides is 1. The number of carbonyl (C=O) groups is 1. The Kier molecular flexibility index (Phi) is 5.56. The Labute approximate surface area is 145 Å². The van der Waals surface area contributed by atoms with Gasteiger partial charge in [0.05, 0.1) is 23.5 Å². The number of benzene rings is 1. The lowest BCUT2D eigenvalue weighted by Crippen LogP contribution is -2.17. The molecule has 1 heterocycles. The summed E-state index contributed by atoms with van der Waals surface area (Å²) in [5, 5.41) is 14.0. The van der Waals surface area contributed by atoms with E-state index in [0.717, 1.165) is 11.3 Å². The second kappa shape index (κ2) is 7.42. The number of hydrazone groups is 1. The molecule has 122 valence electrons. The van der Waals surface area contributed by atoms with E-state index in [-0.39, 0.29) is 11.7 Å². The minimum absolute atomic E-state index is 0.00130. The zero-order valence-corrected chi connectivity index (χ0v) is 14.9. The number of halogens is 1. The van der Waals surface area contributed by atoms with Crippen LogP contribution in [0.15, 0.2) is 21.7 Å². The first kappa shape index (κ1) is 17.2. The third-order valence-corrected chi connectivity index (χ3v) is 4.44. The van der Waals surface area contributed by atoms with Gasteiger partial charge in [-0.3, -0.25) is 4.79 Å². The Morgan fingerprint density at radius 3 is 3.00 bits per heavy atom. The van der Waals surface area contributed by atoms with E-state index in [1.807, 2.05) is 6.92 Å². The molecule has 2 aromatic rings. The van der Waals surface area contributed by atoms with E-state index in [4.69, 9.17) is 10.5 Å². The Hall–Kier alpha value is -2.13. The third-order valence-electron chi connectivity index (χ3n) is 2.91. The van der Waals surface area contributed by atoms with Gasteiger partial charge in [-0.15, -0.1) is 0 Å². The number of nitrogens with two attached hydrogens (primary N) is 1. The van der Waals surface area contributed by atoms with Crippen LogP contribution < -0.4 is 15.9 Å². The summed E-state index contributed by atoms with van der Waals surface area (Å²) in [5.41, 5.74) is 9.35. The van der Waals surface area contributed by atoms with E-state index in [2.05, 4.69) is 31.4 Å². The van der Waals surface area contributed by atoms with Gasteiger partial charge in [0.2, 0.25) is 0 Å². The third kappa shape index (κ3) is 3.99. The molecule has 2 rings (SSSR count).